The summed E-state index contributed by atoms with van der Waals surface area (Å²) in [5, 5.41) is 10.1. The van der Waals surface area contributed by atoms with Gasteiger partial charge in [0, 0.05) is 17.6 Å². The van der Waals surface area contributed by atoms with Crippen LogP contribution in [-0.4, -0.2) is 18.1 Å². The predicted molar refractivity (Wildman–Crippen MR) is 89.4 cm³/mol. The summed E-state index contributed by atoms with van der Waals surface area (Å²) >= 11 is 1.74. The fourth-order valence-electron chi connectivity index (χ4n) is 2.44. The number of nitrogens with zero attached hydrogens (tertiary/aromatic N) is 1. The molecule has 2 aromatic heterocycles. The highest BCUT2D eigenvalue weighted by atomic mass is 32.1. The van der Waals surface area contributed by atoms with Crippen LogP contribution < -0.4 is 10.1 Å². The van der Waals surface area contributed by atoms with Crippen molar-refractivity contribution in [2.75, 3.05) is 12.4 Å². The minimum atomic E-state index is 0.323. The maximum atomic E-state index is 5.31. The van der Waals surface area contributed by atoms with E-state index >= 15 is 0 Å². The molecular weight excluding hydrogens is 280 g/mol. The van der Waals surface area contributed by atoms with Gasteiger partial charge in [0.25, 0.3) is 0 Å². The zero-order chi connectivity index (χ0) is 14.7. The number of pyridine rings is 1. The lowest BCUT2D eigenvalue weighted by Gasteiger charge is -2.16. The number of methoxy groups -OCH3 is 1. The molecule has 21 heavy (non-hydrogen) atoms. The number of hydrogen-bond acceptors (Lipinski definition) is 4. The van der Waals surface area contributed by atoms with E-state index in [1.165, 1.54) is 5.56 Å². The molecule has 3 rings (SSSR count). The van der Waals surface area contributed by atoms with Gasteiger partial charge >= 0.3 is 0 Å². The minimum Gasteiger partial charge on any atom is -0.497 e. The van der Waals surface area contributed by atoms with Gasteiger partial charge in [-0.1, -0.05) is 6.07 Å². The summed E-state index contributed by atoms with van der Waals surface area (Å²) < 4.78 is 5.31. The number of aromatic nitrogens is 1. The van der Waals surface area contributed by atoms with Crippen LogP contribution in [0.4, 0.5) is 5.82 Å². The van der Waals surface area contributed by atoms with Crippen LogP contribution in [0.5, 0.6) is 5.75 Å². The first-order valence-corrected chi connectivity index (χ1v) is 7.91. The third-order valence-corrected chi connectivity index (χ3v) is 4.21. The van der Waals surface area contributed by atoms with Crippen molar-refractivity contribution < 1.29 is 4.74 Å². The van der Waals surface area contributed by atoms with Crippen LogP contribution in [-0.2, 0) is 6.42 Å². The lowest BCUT2D eigenvalue weighted by atomic mass is 10.1. The topological polar surface area (TPSA) is 34.1 Å². The van der Waals surface area contributed by atoms with E-state index in [0.29, 0.717) is 6.04 Å². The second-order valence-corrected chi connectivity index (χ2v) is 5.91. The summed E-state index contributed by atoms with van der Waals surface area (Å²) in [6, 6.07) is 10.6. The van der Waals surface area contributed by atoms with Gasteiger partial charge in [0.05, 0.1) is 7.11 Å². The summed E-state index contributed by atoms with van der Waals surface area (Å²) in [6.07, 6.45) is 2.83. The molecule has 0 amide bonds. The normalized spacial score (nSPS) is 12.3. The average Bonchev–Trinajstić information content (AvgIpc) is 3.00. The van der Waals surface area contributed by atoms with E-state index in [-0.39, 0.29) is 0 Å². The van der Waals surface area contributed by atoms with Crippen molar-refractivity contribution in [3.05, 3.63) is 52.9 Å². The number of hydrogen-bond donors (Lipinski definition) is 1. The van der Waals surface area contributed by atoms with E-state index in [1.54, 1.807) is 18.4 Å². The first kappa shape index (κ1) is 13.9. The van der Waals surface area contributed by atoms with Gasteiger partial charge in [-0.2, -0.15) is 11.3 Å². The maximum Gasteiger partial charge on any atom is 0.134 e. The molecule has 0 saturated heterocycles. The number of anilines is 1. The first-order valence-electron chi connectivity index (χ1n) is 6.96. The molecule has 0 spiro atoms. The zero-order valence-corrected chi connectivity index (χ0v) is 13.0. The van der Waals surface area contributed by atoms with Gasteiger partial charge in [0.2, 0.25) is 0 Å². The molecule has 0 saturated carbocycles. The van der Waals surface area contributed by atoms with Crippen molar-refractivity contribution in [1.29, 1.82) is 0 Å². The fraction of sp³-hybridized carbons (Fsp3) is 0.235. The van der Waals surface area contributed by atoms with E-state index in [1.807, 2.05) is 24.4 Å². The molecular formula is C17H18N2OS. The van der Waals surface area contributed by atoms with Gasteiger partial charge in [-0.05, 0) is 59.3 Å². The largest absolute Gasteiger partial charge is 0.497 e. The van der Waals surface area contributed by atoms with E-state index in [9.17, 15) is 0 Å². The van der Waals surface area contributed by atoms with Gasteiger partial charge in [-0.3, -0.25) is 0 Å². The molecule has 0 aliphatic rings. The molecule has 2 heterocycles. The molecule has 4 heteroatoms. The molecule has 1 unspecified atom stereocenters. The van der Waals surface area contributed by atoms with Crippen LogP contribution in [0, 0.1) is 0 Å². The monoisotopic (exact) mass is 298 g/mol. The molecule has 0 fully saturated rings. The van der Waals surface area contributed by atoms with Crippen LogP contribution in [0.25, 0.3) is 10.8 Å². The van der Waals surface area contributed by atoms with Crippen LogP contribution >= 0.6 is 11.3 Å². The lowest BCUT2D eigenvalue weighted by Crippen LogP contribution is -2.18. The highest BCUT2D eigenvalue weighted by Crippen LogP contribution is 2.26. The van der Waals surface area contributed by atoms with Crippen LogP contribution in [0.2, 0.25) is 0 Å². The number of rotatable bonds is 5. The van der Waals surface area contributed by atoms with E-state index < -0.39 is 0 Å². The Labute approximate surface area is 128 Å². The van der Waals surface area contributed by atoms with Gasteiger partial charge in [-0.15, -0.1) is 0 Å². The quantitative estimate of drug-likeness (QED) is 0.760. The molecule has 108 valence electrons. The summed E-state index contributed by atoms with van der Waals surface area (Å²) in [5.74, 6) is 1.76. The Morgan fingerprint density at radius 1 is 1.29 bits per heavy atom. The molecule has 0 radical (unpaired) electrons. The Morgan fingerprint density at radius 2 is 2.19 bits per heavy atom. The van der Waals surface area contributed by atoms with Crippen molar-refractivity contribution >= 4 is 27.9 Å². The first-order chi connectivity index (χ1) is 10.3. The summed E-state index contributed by atoms with van der Waals surface area (Å²) in [4.78, 5) is 4.49. The van der Waals surface area contributed by atoms with Crippen LogP contribution in [0.1, 0.15) is 12.5 Å². The molecule has 1 atom stereocenters. The standard InChI is InChI=1S/C17H18N2OS/c1-12(9-13-6-8-21-11-13)19-17-16-10-15(20-2)4-3-14(16)5-7-18-17/h3-8,10-12H,9H2,1-2H3,(H,18,19). The fourth-order valence-corrected chi connectivity index (χ4v) is 3.12. The van der Waals surface area contributed by atoms with Crippen LogP contribution in [0.15, 0.2) is 47.3 Å². The van der Waals surface area contributed by atoms with Crippen LogP contribution in [0.3, 0.4) is 0 Å². The molecule has 0 aliphatic carbocycles. The number of nitrogens with one attached hydrogen (secondary N) is 1. The molecule has 3 aromatic rings. The molecule has 0 bridgehead atoms. The summed E-state index contributed by atoms with van der Waals surface area (Å²) in [5.41, 5.74) is 1.36. The number of fused-ring (bicyclic) bond motifs is 1. The zero-order valence-electron chi connectivity index (χ0n) is 12.2. The smallest absolute Gasteiger partial charge is 0.134 e. The van der Waals surface area contributed by atoms with Crippen molar-refractivity contribution in [3.8, 4) is 5.75 Å². The highest BCUT2D eigenvalue weighted by molar-refractivity contribution is 7.07. The predicted octanol–water partition coefficient (Wildman–Crippen LogP) is 4.35. The second-order valence-electron chi connectivity index (χ2n) is 5.13. The minimum absolute atomic E-state index is 0.323. The Morgan fingerprint density at radius 3 is 2.95 bits per heavy atom. The molecule has 3 nitrogen and oxygen atoms in total. The summed E-state index contributed by atoms with van der Waals surface area (Å²) in [6.45, 7) is 2.18. The van der Waals surface area contributed by atoms with Crippen molar-refractivity contribution in [1.82, 2.24) is 4.98 Å². The highest BCUT2D eigenvalue weighted by Gasteiger charge is 2.08. The van der Waals surface area contributed by atoms with Gasteiger partial charge in [0.1, 0.15) is 11.6 Å². The Balaban J connectivity index is 1.85. The van der Waals surface area contributed by atoms with Crippen molar-refractivity contribution in [3.63, 3.8) is 0 Å². The number of thiophene rings is 1. The van der Waals surface area contributed by atoms with Gasteiger partial charge < -0.3 is 10.1 Å². The maximum absolute atomic E-state index is 5.31. The Bertz CT molecular complexity index is 725. The third kappa shape index (κ3) is 3.16. The second kappa shape index (κ2) is 6.14. The van der Waals surface area contributed by atoms with Gasteiger partial charge in [0.15, 0.2) is 0 Å². The SMILES string of the molecule is COc1ccc2ccnc(NC(C)Cc3ccsc3)c2c1. The third-order valence-electron chi connectivity index (χ3n) is 3.48. The van der Waals surface area contributed by atoms with Crippen molar-refractivity contribution in [2.24, 2.45) is 0 Å². The Kier molecular flexibility index (Phi) is 4.06. The van der Waals surface area contributed by atoms with E-state index in [0.717, 1.165) is 28.8 Å². The van der Waals surface area contributed by atoms with E-state index in [2.05, 4.69) is 40.1 Å². The summed E-state index contributed by atoms with van der Waals surface area (Å²) in [7, 11) is 1.68. The molecule has 1 aromatic carbocycles. The van der Waals surface area contributed by atoms with Crippen molar-refractivity contribution in [2.45, 2.75) is 19.4 Å². The lowest BCUT2D eigenvalue weighted by molar-refractivity contribution is 0.415. The Hall–Kier alpha value is -2.07. The van der Waals surface area contributed by atoms with E-state index in [4.69, 9.17) is 4.74 Å². The number of benzene rings is 1. The molecule has 0 aliphatic heterocycles. The average molecular weight is 298 g/mol. The van der Waals surface area contributed by atoms with Gasteiger partial charge in [-0.25, -0.2) is 4.98 Å². The number of ether oxygens (including phenoxy) is 1. The molecule has 1 N–H and O–H groups in total.